The van der Waals surface area contributed by atoms with Crippen LogP contribution in [0.25, 0.3) is 0 Å². The van der Waals surface area contributed by atoms with E-state index in [4.69, 9.17) is 11.6 Å². The molecule has 0 bridgehead atoms. The second kappa shape index (κ2) is 7.13. The maximum atomic E-state index is 5.66. The van der Waals surface area contributed by atoms with Crippen LogP contribution in [0.3, 0.4) is 0 Å². The van der Waals surface area contributed by atoms with Crippen molar-refractivity contribution >= 4 is 24.8 Å². The average molecular weight is 203 g/mol. The summed E-state index contributed by atoms with van der Waals surface area (Å²) in [6.07, 6.45) is 4.43. The number of rotatable bonds is 1. The predicted molar refractivity (Wildman–Crippen MR) is 50.0 cm³/mol. The molecule has 0 saturated heterocycles. The van der Waals surface area contributed by atoms with Crippen LogP contribution in [-0.4, -0.2) is 12.1 Å². The number of nitrogens with two attached hydrogens (primary N) is 2. The third-order valence-electron chi connectivity index (χ3n) is 1.91. The maximum absolute atomic E-state index is 5.66. The van der Waals surface area contributed by atoms with Gasteiger partial charge in [-0.05, 0) is 25.7 Å². The van der Waals surface area contributed by atoms with Crippen LogP contribution in [0.15, 0.2) is 0 Å². The Labute approximate surface area is 79.6 Å². The Hall–Kier alpha value is 0.460. The minimum atomic E-state index is 0. The van der Waals surface area contributed by atoms with Crippen molar-refractivity contribution in [3.8, 4) is 0 Å². The predicted octanol–water partition coefficient (Wildman–Crippen LogP) is 0.990. The maximum Gasteiger partial charge on any atom is 0.0788 e. The molecule has 0 heterocycles. The van der Waals surface area contributed by atoms with Crippen molar-refractivity contribution in [2.24, 2.45) is 11.6 Å². The molecule has 0 atom stereocenters. The van der Waals surface area contributed by atoms with Crippen LogP contribution in [0.4, 0.5) is 0 Å². The van der Waals surface area contributed by atoms with Crippen molar-refractivity contribution in [3.05, 3.63) is 0 Å². The molecule has 0 aliphatic heterocycles. The Morgan fingerprint density at radius 3 is 1.82 bits per heavy atom. The molecule has 0 aromatic heterocycles. The van der Waals surface area contributed by atoms with Crippen LogP contribution in [0.1, 0.15) is 25.7 Å². The van der Waals surface area contributed by atoms with E-state index < -0.39 is 0 Å². The van der Waals surface area contributed by atoms with Crippen molar-refractivity contribution in [2.75, 3.05) is 0 Å². The molecule has 1 rings (SSSR count). The molecule has 5 heteroatoms. The second-order valence-corrected chi connectivity index (χ2v) is 2.67. The van der Waals surface area contributed by atoms with E-state index in [1.165, 1.54) is 0 Å². The highest BCUT2D eigenvalue weighted by Crippen LogP contribution is 2.17. The van der Waals surface area contributed by atoms with E-state index in [1.807, 2.05) is 0 Å². The Kier molecular flexibility index (Phi) is 9.08. The van der Waals surface area contributed by atoms with Crippen molar-refractivity contribution in [3.63, 3.8) is 0 Å². The number of hydrogen-bond donors (Lipinski definition) is 2. The van der Waals surface area contributed by atoms with Gasteiger partial charge >= 0.3 is 0 Å². The molecule has 1 aliphatic rings. The lowest BCUT2D eigenvalue weighted by Crippen LogP contribution is -2.31. The minimum Gasteiger partial charge on any atom is -0.328 e. The van der Waals surface area contributed by atoms with Crippen LogP contribution >= 0.6 is 24.8 Å². The van der Waals surface area contributed by atoms with Gasteiger partial charge in [0, 0.05) is 6.04 Å². The van der Waals surface area contributed by atoms with Gasteiger partial charge < -0.3 is 10.6 Å². The van der Waals surface area contributed by atoms with E-state index in [-0.39, 0.29) is 30.9 Å². The fraction of sp³-hybridized carbons (Fsp3) is 1.00. The molecule has 0 aromatic rings. The minimum absolute atomic E-state index is 0. The SMILES string of the molecule is Cl.Cl.NOC1CCC(N)CC1. The Morgan fingerprint density at radius 1 is 1.00 bits per heavy atom. The summed E-state index contributed by atoms with van der Waals surface area (Å²) in [4.78, 5) is 4.68. The molecule has 0 unspecified atom stereocenters. The third-order valence-corrected chi connectivity index (χ3v) is 1.91. The van der Waals surface area contributed by atoms with E-state index in [9.17, 15) is 0 Å². The molecule has 1 aliphatic carbocycles. The van der Waals surface area contributed by atoms with Gasteiger partial charge in [0.15, 0.2) is 0 Å². The lowest BCUT2D eigenvalue weighted by Gasteiger charge is -2.23. The third kappa shape index (κ3) is 4.82. The van der Waals surface area contributed by atoms with Gasteiger partial charge in [-0.3, -0.25) is 0 Å². The summed E-state index contributed by atoms with van der Waals surface area (Å²) in [7, 11) is 0. The zero-order chi connectivity index (χ0) is 6.69. The van der Waals surface area contributed by atoms with Crippen LogP contribution in [0.5, 0.6) is 0 Å². The summed E-state index contributed by atoms with van der Waals surface area (Å²) in [6, 6.07) is 0.386. The zero-order valence-corrected chi connectivity index (χ0v) is 8.00. The zero-order valence-electron chi connectivity index (χ0n) is 6.36. The van der Waals surface area contributed by atoms with Crippen molar-refractivity contribution in [1.82, 2.24) is 0 Å². The molecule has 3 nitrogen and oxygen atoms in total. The highest BCUT2D eigenvalue weighted by molar-refractivity contribution is 5.85. The molecular weight excluding hydrogens is 187 g/mol. The van der Waals surface area contributed by atoms with E-state index in [2.05, 4.69) is 4.84 Å². The van der Waals surface area contributed by atoms with Crippen LogP contribution < -0.4 is 11.6 Å². The van der Waals surface area contributed by atoms with Gasteiger partial charge in [-0.25, -0.2) is 5.90 Å². The van der Waals surface area contributed by atoms with Crippen molar-refractivity contribution in [2.45, 2.75) is 37.8 Å². The van der Waals surface area contributed by atoms with E-state index in [0.29, 0.717) is 6.04 Å². The van der Waals surface area contributed by atoms with Gasteiger partial charge in [-0.1, -0.05) is 0 Å². The van der Waals surface area contributed by atoms with Gasteiger partial charge in [0.1, 0.15) is 0 Å². The smallest absolute Gasteiger partial charge is 0.0788 e. The van der Waals surface area contributed by atoms with Gasteiger partial charge in [0.25, 0.3) is 0 Å². The first-order chi connectivity index (χ1) is 4.33. The highest BCUT2D eigenvalue weighted by Gasteiger charge is 2.17. The second-order valence-electron chi connectivity index (χ2n) is 2.67. The quantitative estimate of drug-likeness (QED) is 0.624. The summed E-state index contributed by atoms with van der Waals surface area (Å²) in [6.45, 7) is 0. The molecule has 0 radical (unpaired) electrons. The molecule has 0 spiro atoms. The first-order valence-corrected chi connectivity index (χ1v) is 3.44. The average Bonchev–Trinajstić information content (AvgIpc) is 1.90. The molecule has 4 N–H and O–H groups in total. The normalized spacial score (nSPS) is 30.0. The first kappa shape index (κ1) is 14.0. The topological polar surface area (TPSA) is 61.3 Å². The molecule has 70 valence electrons. The Morgan fingerprint density at radius 2 is 1.45 bits per heavy atom. The van der Waals surface area contributed by atoms with Gasteiger partial charge in [0.2, 0.25) is 0 Å². The monoisotopic (exact) mass is 202 g/mol. The molecule has 1 fully saturated rings. The van der Waals surface area contributed by atoms with Gasteiger partial charge in [-0.15, -0.1) is 24.8 Å². The highest BCUT2D eigenvalue weighted by atomic mass is 35.5. The summed E-state index contributed by atoms with van der Waals surface area (Å²) < 4.78 is 0. The van der Waals surface area contributed by atoms with Crippen LogP contribution in [0.2, 0.25) is 0 Å². The number of hydrogen-bond acceptors (Lipinski definition) is 3. The lowest BCUT2D eigenvalue weighted by atomic mass is 9.94. The van der Waals surface area contributed by atoms with E-state index >= 15 is 0 Å². The Bertz CT molecular complexity index is 86.7. The van der Waals surface area contributed by atoms with Crippen molar-refractivity contribution < 1.29 is 4.84 Å². The van der Waals surface area contributed by atoms with Crippen molar-refractivity contribution in [1.29, 1.82) is 0 Å². The van der Waals surface area contributed by atoms with Gasteiger partial charge in [0.05, 0.1) is 6.10 Å². The lowest BCUT2D eigenvalue weighted by molar-refractivity contribution is 0.0246. The molecular formula is C6H16Cl2N2O. The standard InChI is InChI=1S/C6H14N2O.2ClH/c7-5-1-3-6(9-8)4-2-5;;/h5-6H,1-4,7-8H2;2*1H. The van der Waals surface area contributed by atoms with E-state index in [0.717, 1.165) is 25.7 Å². The van der Waals surface area contributed by atoms with Gasteiger partial charge in [-0.2, -0.15) is 0 Å². The number of halogens is 2. The Balaban J connectivity index is 0. The fourth-order valence-corrected chi connectivity index (χ4v) is 1.22. The summed E-state index contributed by atoms with van der Waals surface area (Å²) in [5.41, 5.74) is 5.66. The molecule has 0 amide bonds. The summed E-state index contributed by atoms with van der Waals surface area (Å²) in [5.74, 6) is 5.01. The van der Waals surface area contributed by atoms with Crippen LogP contribution in [0, 0.1) is 0 Å². The summed E-state index contributed by atoms with van der Waals surface area (Å²) in [5, 5.41) is 0. The molecule has 11 heavy (non-hydrogen) atoms. The fourth-order valence-electron chi connectivity index (χ4n) is 1.22. The summed E-state index contributed by atoms with van der Waals surface area (Å²) >= 11 is 0. The molecule has 0 aromatic carbocycles. The van der Waals surface area contributed by atoms with Crippen LogP contribution in [-0.2, 0) is 4.84 Å². The van der Waals surface area contributed by atoms with E-state index in [1.54, 1.807) is 0 Å². The molecule has 1 saturated carbocycles. The largest absolute Gasteiger partial charge is 0.328 e. The first-order valence-electron chi connectivity index (χ1n) is 3.44.